The Morgan fingerprint density at radius 3 is 2.89 bits per heavy atom. The van der Waals surface area contributed by atoms with Crippen LogP contribution >= 0.6 is 0 Å². The number of aliphatic hydroxyl groups excluding tert-OH is 1. The van der Waals surface area contributed by atoms with Gasteiger partial charge in [0.25, 0.3) is 5.09 Å². The summed E-state index contributed by atoms with van der Waals surface area (Å²) in [5.74, 6) is -2.49. The predicted octanol–water partition coefficient (Wildman–Crippen LogP) is -1.61. The van der Waals surface area contributed by atoms with E-state index in [0.717, 1.165) is 0 Å². The number of hydrogen-bond donors (Lipinski definition) is 3. The summed E-state index contributed by atoms with van der Waals surface area (Å²) in [5, 5.41) is 39.7. The molecule has 1 unspecified atom stereocenters. The first-order chi connectivity index (χ1) is 8.84. The van der Waals surface area contributed by atoms with Gasteiger partial charge in [-0.3, -0.25) is 4.84 Å². The van der Waals surface area contributed by atoms with E-state index in [4.69, 9.17) is 9.47 Å². The van der Waals surface area contributed by atoms with Gasteiger partial charge in [0.2, 0.25) is 5.79 Å². The first-order valence-corrected chi connectivity index (χ1v) is 5.81. The SMILES string of the molecule is C[CH]CC(O)(O[N+](=O)[O-])[C@]1(O)CO[C@@H]2[C@@H](O)CO[C@@H]21. The summed E-state index contributed by atoms with van der Waals surface area (Å²) in [6.07, 6.45) is -1.77. The summed E-state index contributed by atoms with van der Waals surface area (Å²) in [7, 11) is 0. The Hall–Kier alpha value is -1.00. The lowest BCUT2D eigenvalue weighted by Crippen LogP contribution is -2.63. The van der Waals surface area contributed by atoms with E-state index in [1.54, 1.807) is 6.92 Å². The molecule has 1 radical (unpaired) electrons. The maximum Gasteiger partial charge on any atom is 0.297 e. The quantitative estimate of drug-likeness (QED) is 0.311. The van der Waals surface area contributed by atoms with Crippen LogP contribution in [0.5, 0.6) is 0 Å². The highest BCUT2D eigenvalue weighted by Gasteiger charge is 2.66. The lowest BCUT2D eigenvalue weighted by molar-refractivity contribution is -0.802. The van der Waals surface area contributed by atoms with Crippen molar-refractivity contribution in [2.24, 2.45) is 0 Å². The van der Waals surface area contributed by atoms with Gasteiger partial charge in [-0.05, 0) is 6.42 Å². The lowest BCUT2D eigenvalue weighted by Gasteiger charge is -2.40. The van der Waals surface area contributed by atoms with Crippen molar-refractivity contribution in [3.05, 3.63) is 16.5 Å². The highest BCUT2D eigenvalue weighted by Crippen LogP contribution is 2.43. The Balaban J connectivity index is 2.27. The van der Waals surface area contributed by atoms with E-state index in [-0.39, 0.29) is 13.0 Å². The minimum atomic E-state index is -2.49. The molecule has 109 valence electrons. The molecule has 2 rings (SSSR count). The standard InChI is InChI=1S/C10H16NO8/c1-2-3-10(14,19-11(15)16)9(13)5-18-7-6(12)4-17-8(7)9/h2,6-8,12-14H,3-5H2,1H3/t6-,7+,8-,9-,10?/m0/s1. The summed E-state index contributed by atoms with van der Waals surface area (Å²) in [6.45, 7) is 1.04. The van der Waals surface area contributed by atoms with Gasteiger partial charge in [-0.25, -0.2) is 0 Å². The number of nitrogens with zero attached hydrogens (tertiary/aromatic N) is 1. The maximum absolute atomic E-state index is 10.5. The second kappa shape index (κ2) is 4.84. The molecule has 0 spiro atoms. The van der Waals surface area contributed by atoms with Gasteiger partial charge in [-0.1, -0.05) is 6.92 Å². The Bertz CT molecular complexity index is 365. The fraction of sp³-hybridized carbons (Fsp3) is 0.900. The van der Waals surface area contributed by atoms with Crippen LogP contribution in [-0.2, 0) is 14.3 Å². The Morgan fingerprint density at radius 2 is 2.32 bits per heavy atom. The second-order valence-electron chi connectivity index (χ2n) is 4.73. The van der Waals surface area contributed by atoms with Crippen molar-refractivity contribution in [2.75, 3.05) is 13.2 Å². The monoisotopic (exact) mass is 278 g/mol. The summed E-state index contributed by atoms with van der Waals surface area (Å²) >= 11 is 0. The average molecular weight is 278 g/mol. The van der Waals surface area contributed by atoms with Crippen molar-refractivity contribution in [2.45, 2.75) is 43.0 Å². The number of hydrogen-bond acceptors (Lipinski definition) is 8. The molecule has 2 aliphatic rings. The first kappa shape index (κ1) is 14.4. The van der Waals surface area contributed by atoms with Crippen molar-refractivity contribution in [3.63, 3.8) is 0 Å². The van der Waals surface area contributed by atoms with Gasteiger partial charge in [-0.15, -0.1) is 10.1 Å². The van der Waals surface area contributed by atoms with E-state index in [1.165, 1.54) is 6.42 Å². The number of fused-ring (bicyclic) bond motifs is 1. The van der Waals surface area contributed by atoms with E-state index in [2.05, 4.69) is 4.84 Å². The van der Waals surface area contributed by atoms with E-state index in [1.807, 2.05) is 0 Å². The van der Waals surface area contributed by atoms with Crippen molar-refractivity contribution in [1.82, 2.24) is 0 Å². The number of ether oxygens (including phenoxy) is 2. The third-order valence-electron chi connectivity index (χ3n) is 3.47. The molecular formula is C10H16NO8. The van der Waals surface area contributed by atoms with Crippen LogP contribution in [0.4, 0.5) is 0 Å². The molecule has 0 aromatic rings. The largest absolute Gasteiger partial charge is 0.388 e. The van der Waals surface area contributed by atoms with Gasteiger partial charge in [0.1, 0.15) is 18.3 Å². The third-order valence-corrected chi connectivity index (χ3v) is 3.47. The van der Waals surface area contributed by atoms with Crippen LogP contribution in [0.2, 0.25) is 0 Å². The third kappa shape index (κ3) is 2.17. The molecule has 19 heavy (non-hydrogen) atoms. The number of rotatable bonds is 5. The van der Waals surface area contributed by atoms with Crippen LogP contribution < -0.4 is 0 Å². The average Bonchev–Trinajstić information content (AvgIpc) is 2.82. The molecule has 2 fully saturated rings. The molecule has 0 aromatic carbocycles. The van der Waals surface area contributed by atoms with E-state index in [0.29, 0.717) is 0 Å². The van der Waals surface area contributed by atoms with Gasteiger partial charge in [-0.2, -0.15) is 0 Å². The molecular weight excluding hydrogens is 262 g/mol. The van der Waals surface area contributed by atoms with Crippen LogP contribution in [-0.4, -0.2) is 63.3 Å². The Labute approximate surface area is 108 Å². The highest BCUT2D eigenvalue weighted by molar-refractivity contribution is 5.11. The number of aliphatic hydroxyl groups is 3. The predicted molar refractivity (Wildman–Crippen MR) is 58.1 cm³/mol. The Kier molecular flexibility index (Phi) is 3.67. The van der Waals surface area contributed by atoms with Crippen LogP contribution in [0.25, 0.3) is 0 Å². The molecule has 0 aliphatic carbocycles. The lowest BCUT2D eigenvalue weighted by atomic mass is 9.84. The van der Waals surface area contributed by atoms with Crippen molar-refractivity contribution in [3.8, 4) is 0 Å². The molecule has 0 aromatic heterocycles. The Morgan fingerprint density at radius 1 is 1.63 bits per heavy atom. The van der Waals surface area contributed by atoms with Crippen LogP contribution in [0.15, 0.2) is 0 Å². The summed E-state index contributed by atoms with van der Waals surface area (Å²) in [6, 6.07) is 0. The van der Waals surface area contributed by atoms with Crippen LogP contribution in [0.3, 0.4) is 0 Å². The normalized spacial score (nSPS) is 40.7. The molecule has 2 saturated heterocycles. The van der Waals surface area contributed by atoms with Crippen LogP contribution in [0.1, 0.15) is 13.3 Å². The zero-order chi connectivity index (χ0) is 14.3. The van der Waals surface area contributed by atoms with Crippen LogP contribution in [0, 0.1) is 16.5 Å². The van der Waals surface area contributed by atoms with Crippen molar-refractivity contribution < 1.29 is 34.7 Å². The molecule has 5 atom stereocenters. The van der Waals surface area contributed by atoms with Gasteiger partial charge in [0, 0.05) is 6.42 Å². The molecule has 2 aliphatic heterocycles. The second-order valence-corrected chi connectivity index (χ2v) is 4.73. The fourth-order valence-corrected chi connectivity index (χ4v) is 2.54. The van der Waals surface area contributed by atoms with E-state index in [9.17, 15) is 25.4 Å². The van der Waals surface area contributed by atoms with Gasteiger partial charge >= 0.3 is 0 Å². The van der Waals surface area contributed by atoms with Crippen molar-refractivity contribution >= 4 is 0 Å². The molecule has 0 amide bonds. The first-order valence-electron chi connectivity index (χ1n) is 5.81. The van der Waals surface area contributed by atoms with Gasteiger partial charge in [0.15, 0.2) is 5.60 Å². The minimum Gasteiger partial charge on any atom is -0.388 e. The molecule has 2 heterocycles. The topological polar surface area (TPSA) is 132 Å². The minimum absolute atomic E-state index is 0.0813. The zero-order valence-corrected chi connectivity index (χ0v) is 10.3. The fourth-order valence-electron chi connectivity index (χ4n) is 2.54. The zero-order valence-electron chi connectivity index (χ0n) is 10.3. The summed E-state index contributed by atoms with van der Waals surface area (Å²) in [4.78, 5) is 14.8. The van der Waals surface area contributed by atoms with Crippen molar-refractivity contribution in [1.29, 1.82) is 0 Å². The highest BCUT2D eigenvalue weighted by atomic mass is 17.0. The summed E-state index contributed by atoms with van der Waals surface area (Å²) in [5.41, 5.74) is -2.13. The molecule has 3 N–H and O–H groups in total. The molecule has 0 saturated carbocycles. The van der Waals surface area contributed by atoms with Gasteiger partial charge in [0.05, 0.1) is 13.2 Å². The van der Waals surface area contributed by atoms with Gasteiger partial charge < -0.3 is 24.8 Å². The smallest absolute Gasteiger partial charge is 0.297 e. The van der Waals surface area contributed by atoms with E-state index >= 15 is 0 Å². The molecule has 9 nitrogen and oxygen atoms in total. The summed E-state index contributed by atoms with van der Waals surface area (Å²) < 4.78 is 10.4. The van der Waals surface area contributed by atoms with E-state index < -0.39 is 41.4 Å². The molecule has 0 bridgehead atoms. The maximum atomic E-state index is 10.5. The molecule has 9 heteroatoms.